The molecule has 25 heavy (non-hydrogen) atoms. The van der Waals surface area contributed by atoms with Gasteiger partial charge in [-0.2, -0.15) is 0 Å². The van der Waals surface area contributed by atoms with Crippen molar-refractivity contribution >= 4 is 23.5 Å². The van der Waals surface area contributed by atoms with Crippen molar-refractivity contribution in [1.82, 2.24) is 5.32 Å². The molecule has 3 rings (SSSR count). The molecule has 3 aromatic carbocycles. The van der Waals surface area contributed by atoms with Gasteiger partial charge in [-0.15, -0.1) is 11.8 Å². The molecule has 0 spiro atoms. The maximum atomic E-state index is 12.5. The molecule has 0 aromatic heterocycles. The van der Waals surface area contributed by atoms with E-state index in [1.165, 1.54) is 0 Å². The fourth-order valence-electron chi connectivity index (χ4n) is 2.62. The summed E-state index contributed by atoms with van der Waals surface area (Å²) in [6.45, 7) is 0. The number of thioether (sulfide) groups is 1. The first-order valence-corrected chi connectivity index (χ1v) is 9.30. The van der Waals surface area contributed by atoms with E-state index in [0.717, 1.165) is 21.7 Å². The number of hydrogen-bond donors (Lipinski definition) is 2. The third-order valence-corrected chi connectivity index (χ3v) is 4.63. The molecule has 0 unspecified atom stereocenters. The first-order valence-electron chi connectivity index (χ1n) is 8.08. The first kappa shape index (κ1) is 17.1. The van der Waals surface area contributed by atoms with Gasteiger partial charge in [-0.25, -0.2) is 4.79 Å². The van der Waals surface area contributed by atoms with Crippen molar-refractivity contribution in [2.45, 2.75) is 10.9 Å². The average Bonchev–Trinajstić information content (AvgIpc) is 2.68. The van der Waals surface area contributed by atoms with Gasteiger partial charge in [0.05, 0.1) is 6.04 Å². The van der Waals surface area contributed by atoms with E-state index in [4.69, 9.17) is 0 Å². The second-order valence-corrected chi connectivity index (χ2v) is 6.46. The number of nitrogens with one attached hydrogen (secondary N) is 2. The Morgan fingerprint density at radius 3 is 1.80 bits per heavy atom. The monoisotopic (exact) mass is 348 g/mol. The van der Waals surface area contributed by atoms with E-state index in [1.54, 1.807) is 11.8 Å². The van der Waals surface area contributed by atoms with E-state index < -0.39 is 0 Å². The van der Waals surface area contributed by atoms with E-state index >= 15 is 0 Å². The zero-order chi connectivity index (χ0) is 17.5. The van der Waals surface area contributed by atoms with Crippen LogP contribution in [0.15, 0.2) is 89.8 Å². The number of hydrogen-bond acceptors (Lipinski definition) is 2. The topological polar surface area (TPSA) is 41.1 Å². The predicted octanol–water partition coefficient (Wildman–Crippen LogP) is 5.32. The van der Waals surface area contributed by atoms with Crippen molar-refractivity contribution in [3.05, 3.63) is 96.1 Å². The maximum Gasteiger partial charge on any atom is 0.319 e. The maximum absolute atomic E-state index is 12.5. The number of rotatable bonds is 5. The van der Waals surface area contributed by atoms with Gasteiger partial charge in [0.2, 0.25) is 0 Å². The van der Waals surface area contributed by atoms with Crippen LogP contribution in [0.2, 0.25) is 0 Å². The van der Waals surface area contributed by atoms with Crippen LogP contribution >= 0.6 is 11.8 Å². The molecule has 0 aliphatic rings. The molecular formula is C21H20N2OS. The second kappa shape index (κ2) is 8.40. The molecule has 2 amide bonds. The second-order valence-electron chi connectivity index (χ2n) is 5.58. The average molecular weight is 348 g/mol. The third-order valence-electron chi connectivity index (χ3n) is 3.89. The molecule has 0 saturated heterocycles. The summed E-state index contributed by atoms with van der Waals surface area (Å²) in [5, 5.41) is 5.98. The SMILES string of the molecule is CSc1ccc(NC(=O)NC(c2ccccc2)c2ccccc2)cc1. The van der Waals surface area contributed by atoms with Gasteiger partial charge in [0.25, 0.3) is 0 Å². The largest absolute Gasteiger partial charge is 0.327 e. The van der Waals surface area contributed by atoms with E-state index in [2.05, 4.69) is 10.6 Å². The van der Waals surface area contributed by atoms with Gasteiger partial charge in [-0.1, -0.05) is 60.7 Å². The minimum atomic E-state index is -0.227. The van der Waals surface area contributed by atoms with Crippen LogP contribution in [0.1, 0.15) is 17.2 Å². The van der Waals surface area contributed by atoms with Crippen molar-refractivity contribution in [2.75, 3.05) is 11.6 Å². The lowest BCUT2D eigenvalue weighted by atomic mass is 9.99. The highest BCUT2D eigenvalue weighted by molar-refractivity contribution is 7.98. The molecule has 0 heterocycles. The van der Waals surface area contributed by atoms with Crippen LogP contribution in [-0.2, 0) is 0 Å². The van der Waals surface area contributed by atoms with Gasteiger partial charge in [0.1, 0.15) is 0 Å². The number of anilines is 1. The van der Waals surface area contributed by atoms with Crippen molar-refractivity contribution in [3.8, 4) is 0 Å². The Balaban J connectivity index is 1.76. The molecule has 0 radical (unpaired) electrons. The third kappa shape index (κ3) is 4.64. The zero-order valence-corrected chi connectivity index (χ0v) is 14.8. The molecule has 4 heteroatoms. The normalized spacial score (nSPS) is 10.5. The molecule has 126 valence electrons. The van der Waals surface area contributed by atoms with E-state index in [-0.39, 0.29) is 12.1 Å². The molecule has 0 fully saturated rings. The van der Waals surface area contributed by atoms with E-state index in [9.17, 15) is 4.79 Å². The Hall–Kier alpha value is -2.72. The Kier molecular flexibility index (Phi) is 5.75. The standard InChI is InChI=1S/C21H20N2OS/c1-25-19-14-12-18(13-15-19)22-21(24)23-20(16-8-4-2-5-9-16)17-10-6-3-7-11-17/h2-15,20H,1H3,(H2,22,23,24). The predicted molar refractivity (Wildman–Crippen MR) is 105 cm³/mol. The van der Waals surface area contributed by atoms with Gasteiger partial charge >= 0.3 is 6.03 Å². The van der Waals surface area contributed by atoms with E-state index in [0.29, 0.717) is 0 Å². The van der Waals surface area contributed by atoms with Crippen LogP contribution in [0, 0.1) is 0 Å². The Morgan fingerprint density at radius 1 is 0.800 bits per heavy atom. The Labute approximate surface area is 152 Å². The van der Waals surface area contributed by atoms with Gasteiger partial charge in [-0.3, -0.25) is 0 Å². The quantitative estimate of drug-likeness (QED) is 0.613. The summed E-state index contributed by atoms with van der Waals surface area (Å²) < 4.78 is 0. The van der Waals surface area contributed by atoms with E-state index in [1.807, 2.05) is 91.2 Å². The number of carbonyl (C=O) groups is 1. The number of urea groups is 1. The van der Waals surface area contributed by atoms with Gasteiger partial charge in [-0.05, 0) is 41.6 Å². The number of benzene rings is 3. The zero-order valence-electron chi connectivity index (χ0n) is 14.0. The lowest BCUT2D eigenvalue weighted by molar-refractivity contribution is 0.250. The molecule has 0 aliphatic heterocycles. The highest BCUT2D eigenvalue weighted by Gasteiger charge is 2.16. The van der Waals surface area contributed by atoms with Crippen LogP contribution in [-0.4, -0.2) is 12.3 Å². The summed E-state index contributed by atoms with van der Waals surface area (Å²) >= 11 is 1.67. The smallest absolute Gasteiger partial charge is 0.319 e. The van der Waals surface area contributed by atoms with Gasteiger partial charge < -0.3 is 10.6 Å². The minimum absolute atomic E-state index is 0.201. The van der Waals surface area contributed by atoms with Crippen LogP contribution in [0.4, 0.5) is 10.5 Å². The Bertz CT molecular complexity index is 765. The highest BCUT2D eigenvalue weighted by atomic mass is 32.2. The van der Waals surface area contributed by atoms with Crippen molar-refractivity contribution < 1.29 is 4.79 Å². The minimum Gasteiger partial charge on any atom is -0.327 e. The summed E-state index contributed by atoms with van der Waals surface area (Å²) in [5.74, 6) is 0. The van der Waals surface area contributed by atoms with Gasteiger partial charge in [0, 0.05) is 10.6 Å². The van der Waals surface area contributed by atoms with Crippen molar-refractivity contribution in [3.63, 3.8) is 0 Å². The van der Waals surface area contributed by atoms with Gasteiger partial charge in [0.15, 0.2) is 0 Å². The fraction of sp³-hybridized carbons (Fsp3) is 0.0952. The summed E-state index contributed by atoms with van der Waals surface area (Å²) in [4.78, 5) is 13.7. The van der Waals surface area contributed by atoms with Crippen LogP contribution in [0.25, 0.3) is 0 Å². The molecular weight excluding hydrogens is 328 g/mol. The molecule has 0 saturated carbocycles. The molecule has 3 aromatic rings. The van der Waals surface area contributed by atoms with Crippen LogP contribution in [0.3, 0.4) is 0 Å². The molecule has 0 atom stereocenters. The summed E-state index contributed by atoms with van der Waals surface area (Å²) in [6.07, 6.45) is 2.03. The molecule has 0 aliphatic carbocycles. The summed E-state index contributed by atoms with van der Waals surface area (Å²) in [5.41, 5.74) is 2.86. The number of carbonyl (C=O) groups excluding carboxylic acids is 1. The molecule has 2 N–H and O–H groups in total. The lowest BCUT2D eigenvalue weighted by Gasteiger charge is -2.20. The molecule has 3 nitrogen and oxygen atoms in total. The highest BCUT2D eigenvalue weighted by Crippen LogP contribution is 2.22. The van der Waals surface area contributed by atoms with Crippen LogP contribution < -0.4 is 10.6 Å². The lowest BCUT2D eigenvalue weighted by Crippen LogP contribution is -2.33. The van der Waals surface area contributed by atoms with Crippen molar-refractivity contribution in [1.29, 1.82) is 0 Å². The van der Waals surface area contributed by atoms with Crippen molar-refractivity contribution in [2.24, 2.45) is 0 Å². The summed E-state index contributed by atoms with van der Waals surface area (Å²) in [7, 11) is 0. The Morgan fingerprint density at radius 2 is 1.32 bits per heavy atom. The summed E-state index contributed by atoms with van der Waals surface area (Å²) in [6, 6.07) is 27.3. The fourth-order valence-corrected chi connectivity index (χ4v) is 3.03. The number of amides is 2. The molecule has 0 bridgehead atoms. The first-order chi connectivity index (χ1) is 12.3. The van der Waals surface area contributed by atoms with Crippen LogP contribution in [0.5, 0.6) is 0 Å².